The second-order valence-electron chi connectivity index (χ2n) is 6.07. The number of aryl methyl sites for hydroxylation is 1. The van der Waals surface area contributed by atoms with Crippen molar-refractivity contribution in [2.45, 2.75) is 44.6 Å². The van der Waals surface area contributed by atoms with E-state index in [9.17, 15) is 4.79 Å². The lowest BCUT2D eigenvalue weighted by atomic mass is 10.0. The van der Waals surface area contributed by atoms with Gasteiger partial charge in [-0.3, -0.25) is 4.79 Å². The van der Waals surface area contributed by atoms with Crippen LogP contribution in [0.2, 0.25) is 0 Å². The fourth-order valence-electron chi connectivity index (χ4n) is 3.39. The van der Waals surface area contributed by atoms with Gasteiger partial charge in [0.15, 0.2) is 0 Å². The number of likely N-dealkylation sites (N-methyl/N-ethyl adjacent to an activating group) is 1. The molecular weight excluding hydrogens is 252 g/mol. The lowest BCUT2D eigenvalue weighted by molar-refractivity contribution is -0.129. The van der Waals surface area contributed by atoms with Crippen LogP contribution in [-0.2, 0) is 4.79 Å². The van der Waals surface area contributed by atoms with Crippen molar-refractivity contribution >= 4 is 11.7 Å². The minimum absolute atomic E-state index is 0.110. The van der Waals surface area contributed by atoms with E-state index in [2.05, 4.69) is 14.9 Å². The van der Waals surface area contributed by atoms with E-state index in [0.29, 0.717) is 6.04 Å². The van der Waals surface area contributed by atoms with Gasteiger partial charge < -0.3 is 9.80 Å². The minimum atomic E-state index is -0.110. The van der Waals surface area contributed by atoms with Crippen LogP contribution in [0.3, 0.4) is 0 Å². The van der Waals surface area contributed by atoms with Crippen LogP contribution in [0.25, 0.3) is 0 Å². The molecule has 2 aliphatic rings. The van der Waals surface area contributed by atoms with Crippen LogP contribution in [-0.4, -0.2) is 47.5 Å². The van der Waals surface area contributed by atoms with E-state index in [0.717, 1.165) is 23.8 Å². The molecule has 1 unspecified atom stereocenters. The zero-order valence-electron chi connectivity index (χ0n) is 12.5. The SMILES string of the molecule is Cc1ncc2c(n1)N(C1CCCC1)CC2C(=O)N(C)C. The number of amides is 1. The number of hydrogen-bond acceptors (Lipinski definition) is 4. The summed E-state index contributed by atoms with van der Waals surface area (Å²) in [6.07, 6.45) is 6.84. The average Bonchev–Trinajstić information content (AvgIpc) is 3.03. The van der Waals surface area contributed by atoms with Gasteiger partial charge in [-0.05, 0) is 19.8 Å². The highest BCUT2D eigenvalue weighted by Crippen LogP contribution is 2.39. The van der Waals surface area contributed by atoms with Crippen LogP contribution >= 0.6 is 0 Å². The van der Waals surface area contributed by atoms with E-state index in [1.54, 1.807) is 4.90 Å². The maximum Gasteiger partial charge on any atom is 0.231 e. The van der Waals surface area contributed by atoms with Crippen molar-refractivity contribution in [1.82, 2.24) is 14.9 Å². The second kappa shape index (κ2) is 5.04. The molecule has 2 heterocycles. The minimum Gasteiger partial charge on any atom is -0.352 e. The molecule has 0 bridgehead atoms. The Balaban J connectivity index is 1.97. The van der Waals surface area contributed by atoms with Crippen molar-refractivity contribution in [2.24, 2.45) is 0 Å². The highest BCUT2D eigenvalue weighted by atomic mass is 16.2. The first-order valence-corrected chi connectivity index (χ1v) is 7.39. The van der Waals surface area contributed by atoms with Crippen molar-refractivity contribution in [1.29, 1.82) is 0 Å². The third-order valence-corrected chi connectivity index (χ3v) is 4.45. The summed E-state index contributed by atoms with van der Waals surface area (Å²) in [5.41, 5.74) is 1.00. The van der Waals surface area contributed by atoms with Gasteiger partial charge in [-0.25, -0.2) is 9.97 Å². The first-order chi connectivity index (χ1) is 9.58. The molecule has 1 aromatic rings. The molecule has 0 spiro atoms. The number of nitrogens with zero attached hydrogens (tertiary/aromatic N) is 4. The van der Waals surface area contributed by atoms with Gasteiger partial charge in [0, 0.05) is 38.4 Å². The molecule has 3 rings (SSSR count). The topological polar surface area (TPSA) is 49.3 Å². The smallest absolute Gasteiger partial charge is 0.231 e. The van der Waals surface area contributed by atoms with E-state index in [1.807, 2.05) is 27.2 Å². The number of carbonyl (C=O) groups excluding carboxylic acids is 1. The van der Waals surface area contributed by atoms with Gasteiger partial charge >= 0.3 is 0 Å². The zero-order valence-corrected chi connectivity index (χ0v) is 12.5. The third kappa shape index (κ3) is 2.15. The Bertz CT molecular complexity index is 523. The maximum absolute atomic E-state index is 12.4. The molecule has 1 amide bonds. The number of fused-ring (bicyclic) bond motifs is 1. The fraction of sp³-hybridized carbons (Fsp3) is 0.667. The third-order valence-electron chi connectivity index (χ3n) is 4.45. The molecule has 0 saturated heterocycles. The molecule has 20 heavy (non-hydrogen) atoms. The number of anilines is 1. The van der Waals surface area contributed by atoms with Crippen LogP contribution in [0.5, 0.6) is 0 Å². The summed E-state index contributed by atoms with van der Waals surface area (Å²) in [5, 5.41) is 0. The summed E-state index contributed by atoms with van der Waals surface area (Å²) >= 11 is 0. The molecule has 1 aromatic heterocycles. The van der Waals surface area contributed by atoms with Crippen LogP contribution in [0, 0.1) is 6.92 Å². The predicted molar refractivity (Wildman–Crippen MR) is 77.8 cm³/mol. The summed E-state index contributed by atoms with van der Waals surface area (Å²) in [6, 6.07) is 0.544. The lowest BCUT2D eigenvalue weighted by Gasteiger charge is -2.26. The zero-order chi connectivity index (χ0) is 14.3. The van der Waals surface area contributed by atoms with E-state index in [1.165, 1.54) is 25.7 Å². The second-order valence-corrected chi connectivity index (χ2v) is 6.07. The Hall–Kier alpha value is -1.65. The van der Waals surface area contributed by atoms with Crippen LogP contribution in [0.1, 0.15) is 43.0 Å². The van der Waals surface area contributed by atoms with E-state index in [-0.39, 0.29) is 11.8 Å². The van der Waals surface area contributed by atoms with Gasteiger partial charge in [-0.15, -0.1) is 0 Å². The van der Waals surface area contributed by atoms with Gasteiger partial charge in [0.2, 0.25) is 5.91 Å². The Labute approximate surface area is 120 Å². The largest absolute Gasteiger partial charge is 0.352 e. The average molecular weight is 274 g/mol. The highest BCUT2D eigenvalue weighted by Gasteiger charge is 2.39. The van der Waals surface area contributed by atoms with E-state index < -0.39 is 0 Å². The van der Waals surface area contributed by atoms with Crippen molar-refractivity contribution in [3.63, 3.8) is 0 Å². The molecule has 108 valence electrons. The fourth-order valence-corrected chi connectivity index (χ4v) is 3.39. The van der Waals surface area contributed by atoms with Gasteiger partial charge in [0.05, 0.1) is 5.92 Å². The molecule has 1 aliphatic heterocycles. The number of hydrogen-bond donors (Lipinski definition) is 0. The highest BCUT2D eigenvalue weighted by molar-refractivity contribution is 5.87. The van der Waals surface area contributed by atoms with Crippen molar-refractivity contribution in [2.75, 3.05) is 25.5 Å². The van der Waals surface area contributed by atoms with Gasteiger partial charge in [-0.1, -0.05) is 12.8 Å². The molecular formula is C15H22N4O. The molecule has 1 saturated carbocycles. The van der Waals surface area contributed by atoms with Crippen LogP contribution in [0.4, 0.5) is 5.82 Å². The van der Waals surface area contributed by atoms with Crippen molar-refractivity contribution in [3.05, 3.63) is 17.6 Å². The Morgan fingerprint density at radius 1 is 1.35 bits per heavy atom. The normalized spacial score (nSPS) is 22.1. The molecule has 1 atom stereocenters. The Morgan fingerprint density at radius 2 is 2.05 bits per heavy atom. The molecule has 0 aromatic carbocycles. The summed E-state index contributed by atoms with van der Waals surface area (Å²) < 4.78 is 0. The monoisotopic (exact) mass is 274 g/mol. The molecule has 1 fully saturated rings. The van der Waals surface area contributed by atoms with E-state index >= 15 is 0 Å². The lowest BCUT2D eigenvalue weighted by Crippen LogP contribution is -2.36. The molecule has 5 nitrogen and oxygen atoms in total. The van der Waals surface area contributed by atoms with Crippen molar-refractivity contribution in [3.8, 4) is 0 Å². The summed E-state index contributed by atoms with van der Waals surface area (Å²) in [4.78, 5) is 25.3. The number of rotatable bonds is 2. The first-order valence-electron chi connectivity index (χ1n) is 7.39. The van der Waals surface area contributed by atoms with Crippen LogP contribution < -0.4 is 4.90 Å². The number of carbonyl (C=O) groups is 1. The van der Waals surface area contributed by atoms with Gasteiger partial charge in [0.1, 0.15) is 11.6 Å². The van der Waals surface area contributed by atoms with Crippen LogP contribution in [0.15, 0.2) is 6.20 Å². The van der Waals surface area contributed by atoms with Gasteiger partial charge in [0.25, 0.3) is 0 Å². The molecule has 0 N–H and O–H groups in total. The Kier molecular flexibility index (Phi) is 3.36. The van der Waals surface area contributed by atoms with Gasteiger partial charge in [-0.2, -0.15) is 0 Å². The maximum atomic E-state index is 12.4. The van der Waals surface area contributed by atoms with Crippen molar-refractivity contribution < 1.29 is 4.79 Å². The molecule has 5 heteroatoms. The summed E-state index contributed by atoms with van der Waals surface area (Å²) in [5.74, 6) is 1.81. The van der Waals surface area contributed by atoms with E-state index in [4.69, 9.17) is 0 Å². The summed E-state index contributed by atoms with van der Waals surface area (Å²) in [7, 11) is 3.63. The quantitative estimate of drug-likeness (QED) is 0.824. The molecule has 0 radical (unpaired) electrons. The first kappa shape index (κ1) is 13.3. The standard InChI is InChI=1S/C15H22N4O/c1-10-16-8-12-13(15(20)18(2)3)9-19(14(12)17-10)11-6-4-5-7-11/h8,11,13H,4-7,9H2,1-3H3. The predicted octanol–water partition coefficient (Wildman–Crippen LogP) is 1.72. The summed E-state index contributed by atoms with van der Waals surface area (Å²) in [6.45, 7) is 2.67. The molecule has 1 aliphatic carbocycles. The Morgan fingerprint density at radius 3 is 2.70 bits per heavy atom. The number of aromatic nitrogens is 2.